The number of amides is 1. The molecular weight excluding hydrogens is 294 g/mol. The number of hydrogen-bond donors (Lipinski definition) is 0. The highest BCUT2D eigenvalue weighted by atomic mass is 16.5. The average molecular weight is 317 g/mol. The second-order valence-electron chi connectivity index (χ2n) is 5.68. The molecule has 0 saturated heterocycles. The van der Waals surface area contributed by atoms with Gasteiger partial charge in [0.25, 0.3) is 0 Å². The Balaban J connectivity index is 1.71. The predicted molar refractivity (Wildman–Crippen MR) is 87.3 cm³/mol. The third-order valence-electron chi connectivity index (χ3n) is 3.67. The van der Waals surface area contributed by atoms with Crippen LogP contribution in [0.1, 0.15) is 18.4 Å². The van der Waals surface area contributed by atoms with Crippen molar-refractivity contribution < 1.29 is 19.0 Å². The number of carbonyl (C=O) groups excluding carboxylic acids is 1. The molecule has 1 aromatic carbocycles. The number of likely N-dealkylation sites (N-methyl/N-ethyl adjacent to an activating group) is 1. The lowest BCUT2D eigenvalue weighted by molar-refractivity contribution is -0.133. The summed E-state index contributed by atoms with van der Waals surface area (Å²) in [6, 6.07) is 7.67. The molecule has 1 aliphatic rings. The van der Waals surface area contributed by atoms with Gasteiger partial charge in [0, 0.05) is 39.6 Å². The number of hydrogen-bond acceptors (Lipinski definition) is 4. The molecule has 1 fully saturated rings. The van der Waals surface area contributed by atoms with E-state index in [9.17, 15) is 4.79 Å². The molecule has 0 aliphatic heterocycles. The molecule has 0 atom stereocenters. The number of carbonyl (C=O) groups is 1. The van der Waals surface area contributed by atoms with E-state index in [1.54, 1.807) is 21.2 Å². The van der Waals surface area contributed by atoms with Crippen molar-refractivity contribution in [1.29, 1.82) is 0 Å². The highest BCUT2D eigenvalue weighted by molar-refractivity contribution is 5.76. The second kappa shape index (κ2) is 8.56. The van der Waals surface area contributed by atoms with E-state index in [4.69, 9.17) is 14.2 Å². The molecule has 23 heavy (non-hydrogen) atoms. The molecule has 0 bridgehead atoms. The minimum absolute atomic E-state index is 0.0539. The van der Waals surface area contributed by atoms with E-state index in [1.807, 2.05) is 24.3 Å². The third-order valence-corrected chi connectivity index (χ3v) is 3.67. The Kier molecular flexibility index (Phi) is 6.45. The number of rotatable bonds is 6. The Labute approximate surface area is 137 Å². The average Bonchev–Trinajstić information content (AvgIpc) is 2.51. The molecule has 0 unspecified atom stereocenters. The van der Waals surface area contributed by atoms with Gasteiger partial charge in [-0.05, 0) is 24.3 Å². The quantitative estimate of drug-likeness (QED) is 0.592. The summed E-state index contributed by atoms with van der Waals surface area (Å²) in [6.07, 6.45) is 2.48. The zero-order valence-electron chi connectivity index (χ0n) is 13.9. The van der Waals surface area contributed by atoms with Crippen molar-refractivity contribution >= 4 is 5.91 Å². The summed E-state index contributed by atoms with van der Waals surface area (Å²) >= 11 is 0. The van der Waals surface area contributed by atoms with Gasteiger partial charge in [-0.15, -0.1) is 0 Å². The monoisotopic (exact) mass is 317 g/mol. The molecular formula is C18H23NO4. The number of ether oxygens (including phenoxy) is 3. The lowest BCUT2D eigenvalue weighted by Gasteiger charge is -2.34. The topological polar surface area (TPSA) is 48.0 Å². The molecule has 2 rings (SSSR count). The van der Waals surface area contributed by atoms with Crippen LogP contribution in [0.3, 0.4) is 0 Å². The smallest absolute Gasteiger partial charge is 0.248 e. The van der Waals surface area contributed by atoms with E-state index in [0.29, 0.717) is 6.10 Å². The van der Waals surface area contributed by atoms with Crippen molar-refractivity contribution in [2.24, 2.45) is 0 Å². The fourth-order valence-corrected chi connectivity index (χ4v) is 2.07. The fourth-order valence-electron chi connectivity index (χ4n) is 2.07. The maximum atomic E-state index is 11.3. The fraction of sp³-hybridized carbons (Fsp3) is 0.500. The SMILES string of the molecule is COC1CC(Oc2ccc(C#CCOCC(=O)N(C)C)cc2)C1. The molecule has 124 valence electrons. The molecule has 1 amide bonds. The lowest BCUT2D eigenvalue weighted by Crippen LogP contribution is -2.38. The molecule has 0 N–H and O–H groups in total. The van der Waals surface area contributed by atoms with Gasteiger partial charge in [-0.2, -0.15) is 0 Å². The van der Waals surface area contributed by atoms with Crippen LogP contribution in [0, 0.1) is 11.8 Å². The van der Waals surface area contributed by atoms with Crippen molar-refractivity contribution in [2.75, 3.05) is 34.4 Å². The molecule has 0 radical (unpaired) electrons. The molecule has 0 aromatic heterocycles. The first-order chi connectivity index (χ1) is 11.1. The van der Waals surface area contributed by atoms with Crippen molar-refractivity contribution in [3.8, 4) is 17.6 Å². The normalized spacial score (nSPS) is 19.3. The number of nitrogens with zero attached hydrogens (tertiary/aromatic N) is 1. The van der Waals surface area contributed by atoms with Crippen LogP contribution in [0.25, 0.3) is 0 Å². The maximum Gasteiger partial charge on any atom is 0.248 e. The maximum absolute atomic E-state index is 11.3. The van der Waals surface area contributed by atoms with Gasteiger partial charge in [-0.3, -0.25) is 4.79 Å². The lowest BCUT2D eigenvalue weighted by atomic mass is 9.92. The zero-order chi connectivity index (χ0) is 16.7. The van der Waals surface area contributed by atoms with Crippen molar-refractivity contribution in [1.82, 2.24) is 4.90 Å². The molecule has 1 saturated carbocycles. The van der Waals surface area contributed by atoms with Crippen LogP contribution in [0.5, 0.6) is 5.75 Å². The summed E-state index contributed by atoms with van der Waals surface area (Å²) < 4.78 is 16.3. The third kappa shape index (κ3) is 5.59. The molecule has 5 heteroatoms. The first kappa shape index (κ1) is 17.3. The van der Waals surface area contributed by atoms with Gasteiger partial charge >= 0.3 is 0 Å². The van der Waals surface area contributed by atoms with Crippen LogP contribution in [-0.4, -0.2) is 57.4 Å². The van der Waals surface area contributed by atoms with E-state index in [-0.39, 0.29) is 25.2 Å². The van der Waals surface area contributed by atoms with Crippen LogP contribution in [-0.2, 0) is 14.3 Å². The van der Waals surface area contributed by atoms with Crippen molar-refractivity contribution in [2.45, 2.75) is 25.0 Å². The van der Waals surface area contributed by atoms with E-state index in [0.717, 1.165) is 24.2 Å². The van der Waals surface area contributed by atoms with E-state index in [1.165, 1.54) is 4.90 Å². The van der Waals surface area contributed by atoms with Crippen LogP contribution >= 0.6 is 0 Å². The van der Waals surface area contributed by atoms with Gasteiger partial charge in [0.1, 0.15) is 25.1 Å². The van der Waals surface area contributed by atoms with Gasteiger partial charge in [0.15, 0.2) is 0 Å². The summed E-state index contributed by atoms with van der Waals surface area (Å²) in [5.41, 5.74) is 0.892. The summed E-state index contributed by atoms with van der Waals surface area (Å²) in [4.78, 5) is 12.8. The number of benzene rings is 1. The van der Waals surface area contributed by atoms with Crippen LogP contribution in [0.15, 0.2) is 24.3 Å². The molecule has 5 nitrogen and oxygen atoms in total. The standard InChI is InChI=1S/C18H23NO4/c1-19(2)18(20)13-22-10-4-5-14-6-8-15(9-7-14)23-17-11-16(12-17)21-3/h6-9,16-17H,10-13H2,1-3H3. The first-order valence-corrected chi connectivity index (χ1v) is 7.64. The summed E-state index contributed by atoms with van der Waals surface area (Å²) in [5, 5.41) is 0. The van der Waals surface area contributed by atoms with Gasteiger partial charge in [-0.25, -0.2) is 0 Å². The Hall–Kier alpha value is -2.03. The Bertz CT molecular complexity index is 565. The predicted octanol–water partition coefficient (Wildman–Crippen LogP) is 1.70. The number of methoxy groups -OCH3 is 1. The van der Waals surface area contributed by atoms with Gasteiger partial charge in [0.2, 0.25) is 5.91 Å². The highest BCUT2D eigenvalue weighted by Crippen LogP contribution is 2.27. The molecule has 0 heterocycles. The molecule has 1 aliphatic carbocycles. The van der Waals surface area contributed by atoms with E-state index >= 15 is 0 Å². The highest BCUT2D eigenvalue weighted by Gasteiger charge is 2.30. The minimum atomic E-state index is -0.0694. The largest absolute Gasteiger partial charge is 0.490 e. The van der Waals surface area contributed by atoms with Gasteiger partial charge < -0.3 is 19.1 Å². The van der Waals surface area contributed by atoms with Crippen molar-refractivity contribution in [3.05, 3.63) is 29.8 Å². The van der Waals surface area contributed by atoms with Gasteiger partial charge in [0.05, 0.1) is 6.10 Å². The molecule has 1 aromatic rings. The van der Waals surface area contributed by atoms with Gasteiger partial charge in [-0.1, -0.05) is 11.8 Å². The summed E-state index contributed by atoms with van der Waals surface area (Å²) in [6.45, 7) is 0.288. The second-order valence-corrected chi connectivity index (χ2v) is 5.68. The van der Waals surface area contributed by atoms with Crippen molar-refractivity contribution in [3.63, 3.8) is 0 Å². The zero-order valence-corrected chi connectivity index (χ0v) is 13.9. The van der Waals surface area contributed by atoms with Crippen LogP contribution < -0.4 is 4.74 Å². The Morgan fingerprint density at radius 3 is 2.52 bits per heavy atom. The Morgan fingerprint density at radius 1 is 1.22 bits per heavy atom. The Morgan fingerprint density at radius 2 is 1.91 bits per heavy atom. The van der Waals surface area contributed by atoms with Crippen LogP contribution in [0.4, 0.5) is 0 Å². The summed E-state index contributed by atoms with van der Waals surface area (Å²) in [7, 11) is 5.12. The summed E-state index contributed by atoms with van der Waals surface area (Å²) in [5.74, 6) is 6.67. The minimum Gasteiger partial charge on any atom is -0.490 e. The van der Waals surface area contributed by atoms with Crippen LogP contribution in [0.2, 0.25) is 0 Å². The molecule has 0 spiro atoms. The van der Waals surface area contributed by atoms with E-state index < -0.39 is 0 Å². The first-order valence-electron chi connectivity index (χ1n) is 7.64. The van der Waals surface area contributed by atoms with E-state index in [2.05, 4.69) is 11.8 Å².